The Kier molecular flexibility index (Phi) is 6.08. The zero-order chi connectivity index (χ0) is 18.8. The fraction of sp³-hybridized carbons (Fsp3) is 0.750. The molecule has 0 aliphatic heterocycles. The minimum absolute atomic E-state index is 1.40. The van der Waals surface area contributed by atoms with Gasteiger partial charge in [-0.15, -0.1) is 19.1 Å². The third-order valence-electron chi connectivity index (χ3n) is 2.16. The van der Waals surface area contributed by atoms with Crippen molar-refractivity contribution in [1.82, 2.24) is 29.2 Å². The zero-order valence-corrected chi connectivity index (χ0v) is 15.2. The van der Waals surface area contributed by atoms with Crippen LogP contribution in [0.1, 0.15) is 0 Å². The molecule has 1 aromatic heterocycles. The van der Waals surface area contributed by atoms with Crippen LogP contribution in [0.2, 0.25) is 0 Å². The Labute approximate surface area is 130 Å². The van der Waals surface area contributed by atoms with Crippen molar-refractivity contribution in [1.29, 1.82) is 0 Å². The summed E-state index contributed by atoms with van der Waals surface area (Å²) in [4.78, 5) is 1.40. The van der Waals surface area contributed by atoms with Gasteiger partial charge in [-0.3, -0.25) is 0 Å². The van der Waals surface area contributed by atoms with E-state index >= 15 is 0 Å². The number of aromatic nitrogens is 3. The molecular formula is C8H20F6N6OP2. The molecule has 1 aromatic rings. The predicted molar refractivity (Wildman–Crippen MR) is 78.2 cm³/mol. The van der Waals surface area contributed by atoms with Crippen molar-refractivity contribution < 1.29 is 29.8 Å². The molecular weight excluding hydrogens is 372 g/mol. The van der Waals surface area contributed by atoms with Gasteiger partial charge in [0.2, 0.25) is 0 Å². The number of halogens is 6. The standard InChI is InChI=1S/C8H20N6OP.F6P/c1-11(2)16(12(3)4,13(5)6)15-14-8-7-9-10-14;1-7(2,3,4,5)6/h7-8H,1-6H3;/q+1;-1. The van der Waals surface area contributed by atoms with Gasteiger partial charge in [-0.1, -0.05) is 0 Å². The molecule has 23 heavy (non-hydrogen) atoms. The molecule has 0 saturated carbocycles. The van der Waals surface area contributed by atoms with E-state index in [1.165, 1.54) is 4.85 Å². The van der Waals surface area contributed by atoms with Crippen LogP contribution in [-0.2, 0) is 0 Å². The van der Waals surface area contributed by atoms with E-state index in [0.29, 0.717) is 0 Å². The third-order valence-corrected chi connectivity index (χ3v) is 5.67. The molecule has 140 valence electrons. The summed E-state index contributed by atoms with van der Waals surface area (Å²) in [5.74, 6) is 0. The van der Waals surface area contributed by atoms with Crippen molar-refractivity contribution in [3.63, 3.8) is 0 Å². The molecule has 0 unspecified atom stereocenters. The Morgan fingerprint density at radius 2 is 1.22 bits per heavy atom. The zero-order valence-electron chi connectivity index (χ0n) is 13.4. The summed E-state index contributed by atoms with van der Waals surface area (Å²) >= 11 is 0. The van der Waals surface area contributed by atoms with E-state index in [0.717, 1.165) is 0 Å². The van der Waals surface area contributed by atoms with Crippen molar-refractivity contribution >= 4 is 15.8 Å². The van der Waals surface area contributed by atoms with Crippen molar-refractivity contribution in [2.45, 2.75) is 0 Å². The van der Waals surface area contributed by atoms with Gasteiger partial charge in [0.15, 0.2) is 0 Å². The van der Waals surface area contributed by atoms with Gasteiger partial charge in [-0.05, 0) is 10.1 Å². The Morgan fingerprint density at radius 1 is 0.870 bits per heavy atom. The molecule has 7 nitrogen and oxygen atoms in total. The number of rotatable bonds is 5. The first-order valence-corrected chi connectivity index (χ1v) is 9.51. The number of hydrogen-bond donors (Lipinski definition) is 0. The fourth-order valence-electron chi connectivity index (χ4n) is 1.65. The maximum absolute atomic E-state index is 10.7. The van der Waals surface area contributed by atoms with E-state index in [-0.39, 0.29) is 0 Å². The quantitative estimate of drug-likeness (QED) is 0.565. The fourth-order valence-corrected chi connectivity index (χ4v) is 4.54. The van der Waals surface area contributed by atoms with Gasteiger partial charge in [0.05, 0.1) is 12.4 Å². The van der Waals surface area contributed by atoms with Crippen molar-refractivity contribution in [2.75, 3.05) is 42.3 Å². The molecule has 0 bridgehead atoms. The van der Waals surface area contributed by atoms with Crippen LogP contribution in [0.15, 0.2) is 12.4 Å². The molecule has 0 atom stereocenters. The third kappa shape index (κ3) is 9.21. The van der Waals surface area contributed by atoms with Crippen LogP contribution in [-0.4, -0.2) is 71.5 Å². The molecule has 15 heteroatoms. The molecule has 0 N–H and O–H groups in total. The summed E-state index contributed by atoms with van der Waals surface area (Å²) in [5, 5.41) is 7.58. The van der Waals surface area contributed by atoms with Crippen LogP contribution >= 0.6 is 15.8 Å². The van der Waals surface area contributed by atoms with Crippen molar-refractivity contribution in [3.05, 3.63) is 12.4 Å². The molecule has 0 aromatic carbocycles. The molecule has 0 radical (unpaired) electrons. The van der Waals surface area contributed by atoms with Crippen LogP contribution in [0.25, 0.3) is 0 Å². The predicted octanol–water partition coefficient (Wildman–Crippen LogP) is 3.45. The summed E-state index contributed by atoms with van der Waals surface area (Å²) in [6.07, 6.45) is 3.28. The van der Waals surface area contributed by atoms with E-state index in [1.54, 1.807) is 12.4 Å². The summed E-state index contributed by atoms with van der Waals surface area (Å²) in [6, 6.07) is 0. The van der Waals surface area contributed by atoms with Crippen LogP contribution < -0.4 is 4.62 Å². The topological polar surface area (TPSA) is 49.7 Å². The second-order valence-corrected chi connectivity index (χ2v) is 10.4. The van der Waals surface area contributed by atoms with Crippen LogP contribution in [0, 0.1) is 0 Å². The van der Waals surface area contributed by atoms with Gasteiger partial charge in [-0.25, -0.2) is 0 Å². The van der Waals surface area contributed by atoms with E-state index in [9.17, 15) is 25.2 Å². The van der Waals surface area contributed by atoms with Gasteiger partial charge < -0.3 is 0 Å². The number of hydrogen-bond acceptors (Lipinski definition) is 6. The van der Waals surface area contributed by atoms with E-state index < -0.39 is 15.8 Å². The normalized spacial score (nSPS) is 16.0. The first-order chi connectivity index (χ1) is 9.86. The number of nitrogens with zero attached hydrogens (tertiary/aromatic N) is 6. The summed E-state index contributed by atoms with van der Waals surface area (Å²) in [7, 11) is -0.753. The van der Waals surface area contributed by atoms with Crippen LogP contribution in [0.4, 0.5) is 25.2 Å². The maximum atomic E-state index is 9.87. The van der Waals surface area contributed by atoms with Gasteiger partial charge in [0.25, 0.3) is 0 Å². The van der Waals surface area contributed by atoms with Gasteiger partial charge >= 0.3 is 40.9 Å². The van der Waals surface area contributed by atoms with Crippen LogP contribution in [0.3, 0.4) is 0 Å². The molecule has 1 rings (SSSR count). The van der Waals surface area contributed by atoms with E-state index in [2.05, 4.69) is 24.3 Å². The molecule has 0 aliphatic rings. The molecule has 0 fully saturated rings. The van der Waals surface area contributed by atoms with Gasteiger partial charge in [-0.2, -0.15) is 4.62 Å². The minimum atomic E-state index is -10.7. The second kappa shape index (κ2) is 6.29. The molecule has 0 aliphatic carbocycles. The van der Waals surface area contributed by atoms with E-state index in [1.807, 2.05) is 42.3 Å². The Balaban J connectivity index is 0.000000585. The van der Waals surface area contributed by atoms with E-state index in [4.69, 9.17) is 4.62 Å². The molecule has 0 spiro atoms. The average Bonchev–Trinajstić information content (AvgIpc) is 2.71. The summed E-state index contributed by atoms with van der Waals surface area (Å²) in [6.45, 7) is 0. The van der Waals surface area contributed by atoms with Crippen LogP contribution in [0.5, 0.6) is 0 Å². The molecule has 0 saturated heterocycles. The summed E-state index contributed by atoms with van der Waals surface area (Å²) < 4.78 is 71.3. The van der Waals surface area contributed by atoms with Gasteiger partial charge in [0, 0.05) is 42.3 Å². The Bertz CT molecular complexity index is 457. The molecule has 1 heterocycles. The van der Waals surface area contributed by atoms with Gasteiger partial charge in [0.1, 0.15) is 0 Å². The Hall–Kier alpha value is -0.740. The van der Waals surface area contributed by atoms with Crippen molar-refractivity contribution in [2.24, 2.45) is 0 Å². The first-order valence-electron chi connectivity index (χ1n) is 5.91. The second-order valence-electron chi connectivity index (χ2n) is 4.90. The van der Waals surface area contributed by atoms with Crippen molar-refractivity contribution in [3.8, 4) is 0 Å². The first kappa shape index (κ1) is 22.3. The monoisotopic (exact) mass is 392 g/mol. The Morgan fingerprint density at radius 3 is 1.43 bits per heavy atom. The SMILES string of the molecule is CN(C)[P+](On1ccnn1)(N(C)C)N(C)C.F[P-](F)(F)(F)(F)F. The molecule has 0 amide bonds. The summed E-state index contributed by atoms with van der Waals surface area (Å²) in [5.41, 5.74) is 0. The average molecular weight is 392 g/mol.